The van der Waals surface area contributed by atoms with Crippen LogP contribution in [0.15, 0.2) is 0 Å². The van der Waals surface area contributed by atoms with Gasteiger partial charge in [-0.15, -0.1) is 0 Å². The number of carbonyl (C=O) groups excluding carboxylic acids is 4. The molecule has 13 nitrogen and oxygen atoms in total. The first kappa shape index (κ1) is 18.0. The second-order valence-corrected chi connectivity index (χ2v) is 6.38. The van der Waals surface area contributed by atoms with Crippen molar-refractivity contribution >= 4 is 31.7 Å². The average Bonchev–Trinajstić information content (AvgIpc) is 2.74. The van der Waals surface area contributed by atoms with Gasteiger partial charge < -0.3 is 33.5 Å². The molecule has 0 aromatic carbocycles. The third-order valence-corrected chi connectivity index (χ3v) is 3.53. The molecule has 1 fully saturated rings. The number of hydrogen-bond acceptors (Lipinski definition) is 11. The van der Waals surface area contributed by atoms with E-state index in [0.29, 0.717) is 0 Å². The fourth-order valence-corrected chi connectivity index (χ4v) is 2.71. The van der Waals surface area contributed by atoms with Crippen molar-refractivity contribution in [1.29, 1.82) is 0 Å². The molecule has 0 aromatic rings. The number of ether oxygens (including phenoxy) is 5. The van der Waals surface area contributed by atoms with E-state index in [0.717, 1.165) is 0 Å². The fraction of sp³-hybridized carbons (Fsp3) is 0.714. The zero-order chi connectivity index (χ0) is 24.5. The van der Waals surface area contributed by atoms with Crippen LogP contribution in [0.25, 0.3) is 0 Å². The van der Waals surface area contributed by atoms with Gasteiger partial charge in [0.25, 0.3) is 0 Å². The first-order valence-electron chi connectivity index (χ1n) is 10.1. The third kappa shape index (κ3) is 7.90. The molecule has 28 heavy (non-hydrogen) atoms. The van der Waals surface area contributed by atoms with Crippen LogP contribution in [-0.2, 0) is 52.0 Å². The monoisotopic (exact) mass is 432 g/mol. The van der Waals surface area contributed by atoms with Gasteiger partial charge in [0.05, 0.1) is 0 Å². The maximum atomic E-state index is 11.8. The zero-order valence-corrected chi connectivity index (χ0v) is 15.1. The molecule has 2 N–H and O–H groups in total. The van der Waals surface area contributed by atoms with Crippen LogP contribution in [0, 0.1) is 0 Å². The van der Waals surface area contributed by atoms with Crippen molar-refractivity contribution in [3.8, 4) is 0 Å². The van der Waals surface area contributed by atoms with E-state index in [9.17, 15) is 23.7 Å². The molecule has 160 valence electrons. The van der Waals surface area contributed by atoms with Gasteiger partial charge in [0.1, 0.15) is 12.7 Å². The van der Waals surface area contributed by atoms with E-state index < -0.39 is 96.6 Å². The highest BCUT2D eigenvalue weighted by molar-refractivity contribution is 7.46. The SMILES string of the molecule is [2H]CC(=O)OC[C@H]1OC(OP(=O)(O)O)[C@H](OC(=O)C[2H])[C@@H](OC(=O)C[2H])[C@@H]1OC(=O)C[2H]. The molecule has 0 amide bonds. The van der Waals surface area contributed by atoms with Gasteiger partial charge in [-0.25, -0.2) is 4.57 Å². The number of phosphoric acid groups is 1. The summed E-state index contributed by atoms with van der Waals surface area (Å²) >= 11 is 0. The molecule has 0 saturated carbocycles. The highest BCUT2D eigenvalue weighted by Crippen LogP contribution is 2.42. The molecule has 1 saturated heterocycles. The van der Waals surface area contributed by atoms with Crippen LogP contribution >= 0.6 is 7.82 Å². The Kier molecular flexibility index (Phi) is 6.39. The average molecular weight is 432 g/mol. The maximum absolute atomic E-state index is 11.8. The van der Waals surface area contributed by atoms with Crippen LogP contribution < -0.4 is 0 Å². The molecular formula is C14H21O13P. The summed E-state index contributed by atoms with van der Waals surface area (Å²) in [5.41, 5.74) is 0. The molecule has 0 aromatic heterocycles. The van der Waals surface area contributed by atoms with Crippen molar-refractivity contribution in [2.24, 2.45) is 0 Å². The zero-order valence-electron chi connectivity index (χ0n) is 18.3. The Hall–Kier alpha value is -2.05. The van der Waals surface area contributed by atoms with Crippen LogP contribution in [0.3, 0.4) is 0 Å². The highest BCUT2D eigenvalue weighted by atomic mass is 31.2. The largest absolute Gasteiger partial charge is 0.472 e. The first-order chi connectivity index (χ1) is 14.9. The van der Waals surface area contributed by atoms with E-state index >= 15 is 0 Å². The fourth-order valence-electron chi connectivity index (χ4n) is 2.26. The van der Waals surface area contributed by atoms with Crippen LogP contribution in [-0.4, -0.2) is 71.0 Å². The lowest BCUT2D eigenvalue weighted by molar-refractivity contribution is -0.291. The van der Waals surface area contributed by atoms with Crippen LogP contribution in [0.1, 0.15) is 33.1 Å². The summed E-state index contributed by atoms with van der Waals surface area (Å²) in [6.07, 6.45) is -9.46. The molecular weight excluding hydrogens is 407 g/mol. The van der Waals surface area contributed by atoms with Crippen molar-refractivity contribution < 1.29 is 67.2 Å². The van der Waals surface area contributed by atoms with Crippen LogP contribution in [0.5, 0.6) is 0 Å². The highest BCUT2D eigenvalue weighted by Gasteiger charge is 2.54. The van der Waals surface area contributed by atoms with Gasteiger partial charge in [0.2, 0.25) is 6.29 Å². The van der Waals surface area contributed by atoms with Gasteiger partial charge in [-0.05, 0) is 0 Å². The summed E-state index contributed by atoms with van der Waals surface area (Å²) < 4.78 is 68.8. The van der Waals surface area contributed by atoms with E-state index in [2.05, 4.69) is 4.52 Å². The molecule has 1 rings (SSSR count). The van der Waals surface area contributed by atoms with Gasteiger partial charge in [0.15, 0.2) is 18.3 Å². The summed E-state index contributed by atoms with van der Waals surface area (Å²) in [5.74, 6) is -4.77. The lowest BCUT2D eigenvalue weighted by Crippen LogP contribution is -2.62. The molecule has 1 aliphatic heterocycles. The van der Waals surface area contributed by atoms with E-state index in [1.54, 1.807) is 0 Å². The topological polar surface area (TPSA) is 181 Å². The maximum Gasteiger partial charge on any atom is 0.472 e. The van der Waals surface area contributed by atoms with Gasteiger partial charge in [0, 0.05) is 33.1 Å². The van der Waals surface area contributed by atoms with Crippen molar-refractivity contribution in [1.82, 2.24) is 0 Å². The summed E-state index contributed by atoms with van der Waals surface area (Å²) in [7, 11) is -5.33. The summed E-state index contributed by atoms with van der Waals surface area (Å²) in [5, 5.41) is 0. The molecule has 0 bridgehead atoms. The minimum atomic E-state index is -5.33. The number of rotatable bonds is 7. The number of carbonyl (C=O) groups is 4. The number of phosphoric ester groups is 1. The summed E-state index contributed by atoms with van der Waals surface area (Å²) in [6, 6.07) is 0. The standard InChI is InChI=1S/C14H21O13P/c1-6(15)22-5-10-11(23-7(2)16)12(24-8(3)17)13(25-9(4)18)14(26-10)27-28(19,20)21/h10-14H,5H2,1-4H3,(H2,19,20,21)/t10-,11-,12+,13-,14?/m1/s1/i1D,2D,3D,4D. The minimum Gasteiger partial charge on any atom is -0.463 e. The van der Waals surface area contributed by atoms with Gasteiger partial charge in [-0.3, -0.25) is 23.7 Å². The Labute approximate surface area is 165 Å². The quantitative estimate of drug-likeness (QED) is 0.289. The molecule has 1 unspecified atom stereocenters. The molecule has 0 spiro atoms. The second kappa shape index (κ2) is 9.94. The van der Waals surface area contributed by atoms with Crippen molar-refractivity contribution in [3.05, 3.63) is 0 Å². The molecule has 0 aliphatic carbocycles. The van der Waals surface area contributed by atoms with E-state index in [-0.39, 0.29) is 0 Å². The Morgan fingerprint density at radius 1 is 0.893 bits per heavy atom. The molecule has 0 radical (unpaired) electrons. The Bertz CT molecular complexity index is 731. The van der Waals surface area contributed by atoms with Gasteiger partial charge >= 0.3 is 31.7 Å². The van der Waals surface area contributed by atoms with Crippen LogP contribution in [0.2, 0.25) is 0 Å². The van der Waals surface area contributed by atoms with Crippen molar-refractivity contribution in [2.75, 3.05) is 6.61 Å². The lowest BCUT2D eigenvalue weighted by atomic mass is 9.98. The summed E-state index contributed by atoms with van der Waals surface area (Å²) in [4.78, 5) is 64.9. The molecule has 1 aliphatic rings. The number of hydrogen-bond donors (Lipinski definition) is 2. The van der Waals surface area contributed by atoms with Gasteiger partial charge in [-0.1, -0.05) is 0 Å². The lowest BCUT2D eigenvalue weighted by Gasteiger charge is -2.43. The van der Waals surface area contributed by atoms with Gasteiger partial charge in [-0.2, -0.15) is 0 Å². The molecule has 14 heteroatoms. The predicted octanol–water partition coefficient (Wildman–Crippen LogP) is -0.821. The molecule has 5 atom stereocenters. The third-order valence-electron chi connectivity index (χ3n) is 3.04. The predicted molar refractivity (Wildman–Crippen MR) is 85.1 cm³/mol. The Balaban J connectivity index is 3.43. The first-order valence-corrected chi connectivity index (χ1v) is 8.79. The Morgan fingerprint density at radius 3 is 1.89 bits per heavy atom. The van der Waals surface area contributed by atoms with E-state index in [1.165, 1.54) is 0 Å². The Morgan fingerprint density at radius 2 is 1.39 bits per heavy atom. The molecule has 1 heterocycles. The summed E-state index contributed by atoms with van der Waals surface area (Å²) in [6.45, 7) is -4.46. The van der Waals surface area contributed by atoms with E-state index in [1.807, 2.05) is 0 Å². The van der Waals surface area contributed by atoms with E-state index in [4.69, 9.17) is 39.0 Å². The number of esters is 4. The van der Waals surface area contributed by atoms with Crippen LogP contribution in [0.4, 0.5) is 0 Å². The minimum absolute atomic E-state index is 0.789. The smallest absolute Gasteiger partial charge is 0.463 e. The van der Waals surface area contributed by atoms with Crippen molar-refractivity contribution in [3.63, 3.8) is 0 Å². The van der Waals surface area contributed by atoms with Crippen molar-refractivity contribution in [2.45, 2.75) is 58.3 Å². The normalized spacial score (nSPS) is 29.3. The second-order valence-electron chi connectivity index (χ2n) is 5.19.